The Kier molecular flexibility index (Phi) is 7.95. The van der Waals surface area contributed by atoms with Gasteiger partial charge in [-0.05, 0) is 30.2 Å². The van der Waals surface area contributed by atoms with Crippen molar-refractivity contribution in [3.63, 3.8) is 0 Å². The number of methoxy groups -OCH3 is 1. The van der Waals surface area contributed by atoms with Gasteiger partial charge in [0.25, 0.3) is 0 Å². The number of amides is 2. The van der Waals surface area contributed by atoms with Crippen molar-refractivity contribution in [2.24, 2.45) is 0 Å². The number of carbonyl (C=O) groups excluding carboxylic acids is 2. The number of nitrogens with zero attached hydrogens (tertiary/aromatic N) is 1. The van der Waals surface area contributed by atoms with Crippen molar-refractivity contribution in [3.05, 3.63) is 71.5 Å². The predicted octanol–water partition coefficient (Wildman–Crippen LogP) is 2.55. The third-order valence-electron chi connectivity index (χ3n) is 4.24. The lowest BCUT2D eigenvalue weighted by Gasteiger charge is -2.29. The van der Waals surface area contributed by atoms with Gasteiger partial charge >= 0.3 is 0 Å². The molecule has 0 saturated carbocycles. The first-order valence-corrected chi connectivity index (χ1v) is 8.85. The van der Waals surface area contributed by atoms with E-state index in [0.717, 1.165) is 11.1 Å². The van der Waals surface area contributed by atoms with Crippen LogP contribution in [0.25, 0.3) is 0 Å². The normalized spacial score (nSPS) is 11.7. The van der Waals surface area contributed by atoms with Crippen LogP contribution in [0.5, 0.6) is 0 Å². The van der Waals surface area contributed by atoms with Gasteiger partial charge in [0.15, 0.2) is 0 Å². The van der Waals surface area contributed by atoms with E-state index in [4.69, 9.17) is 4.74 Å². The van der Waals surface area contributed by atoms with Gasteiger partial charge < -0.3 is 15.0 Å². The molecule has 0 aliphatic rings. The lowest BCUT2D eigenvalue weighted by molar-refractivity contribution is -0.140. The van der Waals surface area contributed by atoms with E-state index in [1.54, 1.807) is 26.2 Å². The molecule has 0 aliphatic heterocycles. The van der Waals surface area contributed by atoms with Crippen LogP contribution in [-0.2, 0) is 27.3 Å². The fourth-order valence-electron chi connectivity index (χ4n) is 2.67. The molecule has 0 heterocycles. The molecule has 0 aliphatic carbocycles. The fraction of sp³-hybridized carbons (Fsp3) is 0.333. The molecular weight excluding hydrogens is 347 g/mol. The van der Waals surface area contributed by atoms with Crippen LogP contribution in [0, 0.1) is 5.82 Å². The van der Waals surface area contributed by atoms with Crippen molar-refractivity contribution in [3.8, 4) is 0 Å². The Balaban J connectivity index is 2.14. The first kappa shape index (κ1) is 20.6. The van der Waals surface area contributed by atoms with Crippen LogP contribution in [-0.4, -0.2) is 43.0 Å². The SMILES string of the molecule is COCCNC(=O)C(C)N(Cc1ccc(F)cc1)C(=O)Cc1ccccc1. The zero-order valence-corrected chi connectivity index (χ0v) is 15.7. The van der Waals surface area contributed by atoms with Crippen molar-refractivity contribution in [1.82, 2.24) is 10.2 Å². The molecule has 2 aromatic rings. The summed E-state index contributed by atoms with van der Waals surface area (Å²) in [5.41, 5.74) is 1.63. The van der Waals surface area contributed by atoms with Gasteiger partial charge in [-0.3, -0.25) is 9.59 Å². The van der Waals surface area contributed by atoms with Crippen molar-refractivity contribution < 1.29 is 18.7 Å². The number of hydrogen-bond donors (Lipinski definition) is 1. The molecule has 0 spiro atoms. The Morgan fingerprint density at radius 2 is 1.74 bits per heavy atom. The lowest BCUT2D eigenvalue weighted by atomic mass is 10.1. The second kappa shape index (κ2) is 10.4. The summed E-state index contributed by atoms with van der Waals surface area (Å²) in [5.74, 6) is -0.762. The van der Waals surface area contributed by atoms with E-state index in [-0.39, 0.29) is 30.6 Å². The van der Waals surface area contributed by atoms with Gasteiger partial charge in [-0.1, -0.05) is 42.5 Å². The highest BCUT2D eigenvalue weighted by Crippen LogP contribution is 2.13. The minimum atomic E-state index is -0.664. The zero-order valence-electron chi connectivity index (χ0n) is 15.7. The molecule has 5 nitrogen and oxygen atoms in total. The second-order valence-electron chi connectivity index (χ2n) is 6.27. The molecule has 27 heavy (non-hydrogen) atoms. The van der Waals surface area contributed by atoms with E-state index >= 15 is 0 Å². The Labute approximate surface area is 159 Å². The van der Waals surface area contributed by atoms with Crippen molar-refractivity contribution >= 4 is 11.8 Å². The maximum atomic E-state index is 13.2. The van der Waals surface area contributed by atoms with Gasteiger partial charge in [0, 0.05) is 20.2 Å². The van der Waals surface area contributed by atoms with E-state index in [1.165, 1.54) is 17.0 Å². The summed E-state index contributed by atoms with van der Waals surface area (Å²) < 4.78 is 18.1. The third-order valence-corrected chi connectivity index (χ3v) is 4.24. The van der Waals surface area contributed by atoms with Crippen LogP contribution >= 0.6 is 0 Å². The topological polar surface area (TPSA) is 58.6 Å². The van der Waals surface area contributed by atoms with Crippen LogP contribution in [0.1, 0.15) is 18.1 Å². The summed E-state index contributed by atoms with van der Waals surface area (Å²) in [4.78, 5) is 26.9. The van der Waals surface area contributed by atoms with E-state index < -0.39 is 6.04 Å². The minimum Gasteiger partial charge on any atom is -0.383 e. The first-order valence-electron chi connectivity index (χ1n) is 8.85. The molecular formula is C21H25FN2O3. The molecule has 0 bridgehead atoms. The van der Waals surface area contributed by atoms with Gasteiger partial charge in [-0.2, -0.15) is 0 Å². The monoisotopic (exact) mass is 372 g/mol. The molecule has 1 atom stereocenters. The molecule has 1 N–H and O–H groups in total. The van der Waals surface area contributed by atoms with Gasteiger partial charge in [0.05, 0.1) is 13.0 Å². The number of rotatable bonds is 9. The molecule has 0 aromatic heterocycles. The molecule has 144 valence electrons. The lowest BCUT2D eigenvalue weighted by Crippen LogP contribution is -2.48. The van der Waals surface area contributed by atoms with Crippen LogP contribution in [0.2, 0.25) is 0 Å². The van der Waals surface area contributed by atoms with E-state index in [0.29, 0.717) is 13.2 Å². The van der Waals surface area contributed by atoms with Gasteiger partial charge in [0.1, 0.15) is 11.9 Å². The molecule has 0 fully saturated rings. The molecule has 2 aromatic carbocycles. The standard InChI is InChI=1S/C21H25FN2O3/c1-16(21(26)23-12-13-27-2)24(15-18-8-10-19(22)11-9-18)20(25)14-17-6-4-3-5-7-17/h3-11,16H,12-15H2,1-2H3,(H,23,26). The van der Waals surface area contributed by atoms with Crippen molar-refractivity contribution in [2.75, 3.05) is 20.3 Å². The number of carbonyl (C=O) groups is 2. The predicted molar refractivity (Wildman–Crippen MR) is 101 cm³/mol. The van der Waals surface area contributed by atoms with Gasteiger partial charge in [-0.25, -0.2) is 4.39 Å². The van der Waals surface area contributed by atoms with Crippen LogP contribution in [0.4, 0.5) is 4.39 Å². The zero-order chi connectivity index (χ0) is 19.6. The number of hydrogen-bond acceptors (Lipinski definition) is 3. The second-order valence-corrected chi connectivity index (χ2v) is 6.27. The first-order chi connectivity index (χ1) is 13.0. The van der Waals surface area contributed by atoms with E-state index in [2.05, 4.69) is 5.32 Å². The molecule has 0 saturated heterocycles. The van der Waals surface area contributed by atoms with Gasteiger partial charge in [0.2, 0.25) is 11.8 Å². The summed E-state index contributed by atoms with van der Waals surface area (Å²) in [7, 11) is 1.56. The Hall–Kier alpha value is -2.73. The molecule has 2 amide bonds. The summed E-state index contributed by atoms with van der Waals surface area (Å²) in [6.45, 7) is 2.69. The molecule has 0 radical (unpaired) electrons. The fourth-order valence-corrected chi connectivity index (χ4v) is 2.67. The van der Waals surface area contributed by atoms with Crippen molar-refractivity contribution in [2.45, 2.75) is 25.9 Å². The largest absolute Gasteiger partial charge is 0.383 e. The average molecular weight is 372 g/mol. The maximum absolute atomic E-state index is 13.2. The average Bonchev–Trinajstić information content (AvgIpc) is 2.67. The highest BCUT2D eigenvalue weighted by atomic mass is 19.1. The maximum Gasteiger partial charge on any atom is 0.242 e. The van der Waals surface area contributed by atoms with Crippen LogP contribution < -0.4 is 5.32 Å². The summed E-state index contributed by atoms with van der Waals surface area (Å²) >= 11 is 0. The smallest absolute Gasteiger partial charge is 0.242 e. The molecule has 1 unspecified atom stereocenters. The summed E-state index contributed by atoms with van der Waals surface area (Å²) in [5, 5.41) is 2.76. The molecule has 2 rings (SSSR count). The minimum absolute atomic E-state index is 0.167. The number of ether oxygens (including phenoxy) is 1. The Morgan fingerprint density at radius 3 is 2.37 bits per heavy atom. The Morgan fingerprint density at radius 1 is 1.07 bits per heavy atom. The van der Waals surface area contributed by atoms with E-state index in [9.17, 15) is 14.0 Å². The van der Waals surface area contributed by atoms with Crippen molar-refractivity contribution in [1.29, 1.82) is 0 Å². The van der Waals surface area contributed by atoms with Crippen LogP contribution in [0.3, 0.4) is 0 Å². The number of nitrogens with one attached hydrogen (secondary N) is 1. The quantitative estimate of drug-likeness (QED) is 0.688. The highest BCUT2D eigenvalue weighted by molar-refractivity contribution is 5.88. The summed E-state index contributed by atoms with van der Waals surface area (Å²) in [6, 6.07) is 14.6. The Bertz CT molecular complexity index is 735. The van der Waals surface area contributed by atoms with Crippen LogP contribution in [0.15, 0.2) is 54.6 Å². The molecule has 6 heteroatoms. The summed E-state index contributed by atoms with van der Waals surface area (Å²) in [6.07, 6.45) is 0.192. The number of benzene rings is 2. The van der Waals surface area contributed by atoms with E-state index in [1.807, 2.05) is 30.3 Å². The highest BCUT2D eigenvalue weighted by Gasteiger charge is 2.26. The van der Waals surface area contributed by atoms with Gasteiger partial charge in [-0.15, -0.1) is 0 Å². The number of halogens is 1. The third kappa shape index (κ3) is 6.49.